The summed E-state index contributed by atoms with van der Waals surface area (Å²) in [5.41, 5.74) is 1.64. The van der Waals surface area contributed by atoms with Crippen LogP contribution in [0, 0.1) is 19.8 Å². The number of aromatic nitrogens is 3. The Balaban J connectivity index is 1.67. The first-order chi connectivity index (χ1) is 13.0. The summed E-state index contributed by atoms with van der Waals surface area (Å²) in [5.74, 6) is 0.757. The van der Waals surface area contributed by atoms with Gasteiger partial charge in [0.2, 0.25) is 5.95 Å². The maximum absolute atomic E-state index is 12.7. The number of hydrogen-bond donors (Lipinski definition) is 1. The molecule has 1 aliphatic rings. The van der Waals surface area contributed by atoms with E-state index in [2.05, 4.69) is 20.2 Å². The Morgan fingerprint density at radius 3 is 2.74 bits per heavy atom. The van der Waals surface area contributed by atoms with E-state index < -0.39 is 0 Å². The lowest BCUT2D eigenvalue weighted by Crippen LogP contribution is -2.43. The van der Waals surface area contributed by atoms with Crippen LogP contribution in [0.3, 0.4) is 0 Å². The molecule has 7 heteroatoms. The number of hydrogen-bond acceptors (Lipinski definition) is 5. The van der Waals surface area contributed by atoms with Gasteiger partial charge in [0.05, 0.1) is 0 Å². The van der Waals surface area contributed by atoms with Crippen molar-refractivity contribution in [1.82, 2.24) is 19.9 Å². The predicted molar refractivity (Wildman–Crippen MR) is 105 cm³/mol. The van der Waals surface area contributed by atoms with Crippen LogP contribution in [0.1, 0.15) is 41.4 Å². The van der Waals surface area contributed by atoms with Gasteiger partial charge in [-0.05, 0) is 57.2 Å². The number of amides is 1. The van der Waals surface area contributed by atoms with Gasteiger partial charge in [0.25, 0.3) is 11.5 Å². The summed E-state index contributed by atoms with van der Waals surface area (Å²) in [4.78, 5) is 36.1. The molecule has 7 nitrogen and oxygen atoms in total. The van der Waals surface area contributed by atoms with E-state index in [0.717, 1.165) is 43.1 Å². The first-order valence-electron chi connectivity index (χ1n) is 9.52. The third-order valence-electron chi connectivity index (χ3n) is 5.15. The molecule has 0 aliphatic carbocycles. The van der Waals surface area contributed by atoms with Crippen LogP contribution in [0.25, 0.3) is 0 Å². The van der Waals surface area contributed by atoms with Gasteiger partial charge in [0.15, 0.2) is 0 Å². The first-order valence-corrected chi connectivity index (χ1v) is 9.52. The standard InChI is InChI=1S/C20H27N5O2/c1-4-25-15(3)11-14(2)17(19(25)27)18(26)23-12-16-7-5-10-24(13-16)20-21-8-6-9-22-20/h6,8-9,11,16H,4-5,7,10,12-13H2,1-3H3,(H,23,26). The number of carbonyl (C=O) groups excluding carboxylic acids is 1. The number of rotatable bonds is 5. The molecule has 2 aromatic rings. The summed E-state index contributed by atoms with van der Waals surface area (Å²) >= 11 is 0. The molecule has 0 saturated carbocycles. The number of anilines is 1. The molecular formula is C20H27N5O2. The van der Waals surface area contributed by atoms with Crippen LogP contribution in [0.4, 0.5) is 5.95 Å². The first kappa shape index (κ1) is 19.1. The van der Waals surface area contributed by atoms with Gasteiger partial charge in [-0.1, -0.05) is 0 Å². The molecule has 0 radical (unpaired) electrons. The van der Waals surface area contributed by atoms with E-state index in [1.807, 2.05) is 26.8 Å². The number of aryl methyl sites for hydroxylation is 2. The van der Waals surface area contributed by atoms with Crippen LogP contribution in [-0.2, 0) is 6.54 Å². The largest absolute Gasteiger partial charge is 0.352 e. The Hall–Kier alpha value is -2.70. The number of nitrogens with one attached hydrogen (secondary N) is 1. The topological polar surface area (TPSA) is 80.1 Å². The van der Waals surface area contributed by atoms with Crippen molar-refractivity contribution < 1.29 is 4.79 Å². The second-order valence-electron chi connectivity index (χ2n) is 7.11. The van der Waals surface area contributed by atoms with Crippen molar-refractivity contribution in [3.63, 3.8) is 0 Å². The lowest BCUT2D eigenvalue weighted by molar-refractivity contribution is 0.0943. The van der Waals surface area contributed by atoms with Crippen molar-refractivity contribution in [1.29, 1.82) is 0 Å². The van der Waals surface area contributed by atoms with Crippen LogP contribution in [0.5, 0.6) is 0 Å². The van der Waals surface area contributed by atoms with Gasteiger partial charge >= 0.3 is 0 Å². The Morgan fingerprint density at radius 2 is 2.04 bits per heavy atom. The van der Waals surface area contributed by atoms with Crippen molar-refractivity contribution in [2.45, 2.75) is 40.2 Å². The summed E-state index contributed by atoms with van der Waals surface area (Å²) in [5, 5.41) is 2.97. The van der Waals surface area contributed by atoms with E-state index >= 15 is 0 Å². The van der Waals surface area contributed by atoms with Crippen LogP contribution in [0.15, 0.2) is 29.3 Å². The molecule has 0 spiro atoms. The SMILES string of the molecule is CCn1c(C)cc(C)c(C(=O)NCC2CCCN(c3ncccn3)C2)c1=O. The quantitative estimate of drug-likeness (QED) is 0.871. The molecule has 1 amide bonds. The zero-order valence-electron chi connectivity index (χ0n) is 16.2. The van der Waals surface area contributed by atoms with Gasteiger partial charge in [0.1, 0.15) is 5.56 Å². The monoisotopic (exact) mass is 369 g/mol. The van der Waals surface area contributed by atoms with Crippen molar-refractivity contribution >= 4 is 11.9 Å². The highest BCUT2D eigenvalue weighted by molar-refractivity contribution is 5.95. The van der Waals surface area contributed by atoms with Crippen LogP contribution < -0.4 is 15.8 Å². The molecule has 1 unspecified atom stereocenters. The highest BCUT2D eigenvalue weighted by Crippen LogP contribution is 2.19. The zero-order chi connectivity index (χ0) is 19.4. The van der Waals surface area contributed by atoms with Gasteiger partial charge in [-0.25, -0.2) is 9.97 Å². The van der Waals surface area contributed by atoms with E-state index in [9.17, 15) is 9.59 Å². The second kappa shape index (κ2) is 8.33. The van der Waals surface area contributed by atoms with Gasteiger partial charge in [0, 0.05) is 44.3 Å². The van der Waals surface area contributed by atoms with Crippen LogP contribution in [0.2, 0.25) is 0 Å². The lowest BCUT2D eigenvalue weighted by atomic mass is 9.98. The molecule has 144 valence electrons. The molecule has 1 saturated heterocycles. The van der Waals surface area contributed by atoms with E-state index in [1.54, 1.807) is 23.0 Å². The van der Waals surface area contributed by atoms with Crippen LogP contribution in [-0.4, -0.2) is 40.1 Å². The molecule has 1 N–H and O–H groups in total. The Bertz CT molecular complexity index is 863. The van der Waals surface area contributed by atoms with Gasteiger partial charge in [-0.3, -0.25) is 9.59 Å². The number of carbonyl (C=O) groups is 1. The average molecular weight is 369 g/mol. The molecule has 2 aromatic heterocycles. The van der Waals surface area contributed by atoms with Crippen molar-refractivity contribution in [2.24, 2.45) is 5.92 Å². The Kier molecular flexibility index (Phi) is 5.88. The molecule has 1 atom stereocenters. The maximum Gasteiger partial charge on any atom is 0.263 e. The summed E-state index contributed by atoms with van der Waals surface area (Å²) in [6.45, 7) is 8.44. The Labute approximate surface area is 159 Å². The fourth-order valence-corrected chi connectivity index (χ4v) is 3.79. The van der Waals surface area contributed by atoms with Crippen molar-refractivity contribution in [3.8, 4) is 0 Å². The van der Waals surface area contributed by atoms with Gasteiger partial charge < -0.3 is 14.8 Å². The molecule has 3 heterocycles. The average Bonchev–Trinajstić information content (AvgIpc) is 2.67. The van der Waals surface area contributed by atoms with E-state index in [4.69, 9.17) is 0 Å². The summed E-state index contributed by atoms with van der Waals surface area (Å²) in [6.07, 6.45) is 5.56. The molecule has 1 fully saturated rings. The molecule has 3 rings (SSSR count). The normalized spacial score (nSPS) is 17.0. The van der Waals surface area contributed by atoms with Gasteiger partial charge in [-0.2, -0.15) is 0 Å². The lowest BCUT2D eigenvalue weighted by Gasteiger charge is -2.32. The highest BCUT2D eigenvalue weighted by Gasteiger charge is 2.23. The summed E-state index contributed by atoms with van der Waals surface area (Å²) in [7, 11) is 0. The van der Waals surface area contributed by atoms with Crippen molar-refractivity contribution in [2.75, 3.05) is 24.5 Å². The molecule has 0 aromatic carbocycles. The van der Waals surface area contributed by atoms with Crippen LogP contribution >= 0.6 is 0 Å². The highest BCUT2D eigenvalue weighted by atomic mass is 16.2. The minimum absolute atomic E-state index is 0.213. The molecule has 27 heavy (non-hydrogen) atoms. The fourth-order valence-electron chi connectivity index (χ4n) is 3.79. The molecule has 1 aliphatic heterocycles. The Morgan fingerprint density at radius 1 is 1.30 bits per heavy atom. The third kappa shape index (κ3) is 4.18. The van der Waals surface area contributed by atoms with E-state index in [0.29, 0.717) is 19.0 Å². The van der Waals surface area contributed by atoms with Gasteiger partial charge in [-0.15, -0.1) is 0 Å². The minimum atomic E-state index is -0.284. The smallest absolute Gasteiger partial charge is 0.263 e. The molecular weight excluding hydrogens is 342 g/mol. The second-order valence-corrected chi connectivity index (χ2v) is 7.11. The van der Waals surface area contributed by atoms with E-state index in [-0.39, 0.29) is 17.0 Å². The fraction of sp³-hybridized carbons (Fsp3) is 0.500. The minimum Gasteiger partial charge on any atom is -0.352 e. The third-order valence-corrected chi connectivity index (χ3v) is 5.15. The molecule has 0 bridgehead atoms. The number of piperidine rings is 1. The maximum atomic E-state index is 12.7. The zero-order valence-corrected chi connectivity index (χ0v) is 16.2. The van der Waals surface area contributed by atoms with Crippen molar-refractivity contribution in [3.05, 3.63) is 51.7 Å². The van der Waals surface area contributed by atoms with E-state index in [1.165, 1.54) is 0 Å². The predicted octanol–water partition coefficient (Wildman–Crippen LogP) is 1.92. The summed E-state index contributed by atoms with van der Waals surface area (Å²) in [6, 6.07) is 3.70. The summed E-state index contributed by atoms with van der Waals surface area (Å²) < 4.78 is 1.64. The number of pyridine rings is 1. The number of nitrogens with zero attached hydrogens (tertiary/aromatic N) is 4.